The third kappa shape index (κ3) is 3.50. The summed E-state index contributed by atoms with van der Waals surface area (Å²) in [7, 11) is 0. The molecule has 1 N–H and O–H groups in total. The van der Waals surface area contributed by atoms with Crippen molar-refractivity contribution in [1.82, 2.24) is 15.2 Å². The first-order chi connectivity index (χ1) is 12.3. The second-order valence-electron chi connectivity index (χ2n) is 7.70. The minimum Gasteiger partial charge on any atom is -0.493 e. The number of hydrogen-bond donors (Lipinski definition) is 1. The van der Waals surface area contributed by atoms with E-state index in [1.807, 2.05) is 6.20 Å². The number of fused-ring (bicyclic) bond motifs is 1. The van der Waals surface area contributed by atoms with Crippen molar-refractivity contribution >= 4 is 23.7 Å². The van der Waals surface area contributed by atoms with Crippen LogP contribution in [0.5, 0.6) is 5.75 Å². The van der Waals surface area contributed by atoms with Crippen LogP contribution in [0.2, 0.25) is 0 Å². The van der Waals surface area contributed by atoms with E-state index in [0.717, 1.165) is 31.9 Å². The number of hydrogen-bond acceptors (Lipinski definition) is 5. The molecule has 1 spiro atoms. The SMILES string of the molecule is Cl.c1csc(CN(Cc2ccc3c(c2)CCO3)C2CC23CCNCC3)n1. The van der Waals surface area contributed by atoms with Crippen LogP contribution in [0.25, 0.3) is 0 Å². The summed E-state index contributed by atoms with van der Waals surface area (Å²) in [4.78, 5) is 7.23. The van der Waals surface area contributed by atoms with Crippen LogP contribution in [0.3, 0.4) is 0 Å². The van der Waals surface area contributed by atoms with Crippen LogP contribution in [0.1, 0.15) is 35.4 Å². The monoisotopic (exact) mass is 391 g/mol. The molecule has 1 aromatic heterocycles. The number of thiazole rings is 1. The predicted octanol–water partition coefficient (Wildman–Crippen LogP) is 3.64. The Morgan fingerprint density at radius 3 is 2.96 bits per heavy atom. The van der Waals surface area contributed by atoms with Gasteiger partial charge in [-0.1, -0.05) is 12.1 Å². The Hall–Kier alpha value is -1.14. The molecular weight excluding hydrogens is 366 g/mol. The average Bonchev–Trinajstić information content (AvgIpc) is 3.01. The van der Waals surface area contributed by atoms with Crippen molar-refractivity contribution in [2.75, 3.05) is 19.7 Å². The smallest absolute Gasteiger partial charge is 0.122 e. The molecule has 1 aromatic carbocycles. The lowest BCUT2D eigenvalue weighted by atomic mass is 9.93. The van der Waals surface area contributed by atoms with Gasteiger partial charge in [-0.05, 0) is 55.0 Å². The van der Waals surface area contributed by atoms with Crippen molar-refractivity contribution < 1.29 is 4.74 Å². The third-order valence-electron chi connectivity index (χ3n) is 6.15. The predicted molar refractivity (Wildman–Crippen MR) is 107 cm³/mol. The molecule has 4 nitrogen and oxygen atoms in total. The van der Waals surface area contributed by atoms with Crippen LogP contribution < -0.4 is 10.1 Å². The first-order valence-electron chi connectivity index (χ1n) is 9.40. The van der Waals surface area contributed by atoms with Gasteiger partial charge in [0.15, 0.2) is 0 Å². The van der Waals surface area contributed by atoms with E-state index in [0.29, 0.717) is 11.5 Å². The fourth-order valence-corrected chi connectivity index (χ4v) is 5.30. The zero-order chi connectivity index (χ0) is 16.7. The molecule has 1 saturated heterocycles. The van der Waals surface area contributed by atoms with E-state index in [9.17, 15) is 0 Å². The molecule has 2 fully saturated rings. The lowest BCUT2D eigenvalue weighted by molar-refractivity contribution is 0.188. The van der Waals surface area contributed by atoms with Crippen molar-refractivity contribution in [3.05, 3.63) is 45.9 Å². The van der Waals surface area contributed by atoms with Gasteiger partial charge in [-0.25, -0.2) is 4.98 Å². The number of benzene rings is 1. The van der Waals surface area contributed by atoms with Crippen LogP contribution in [-0.4, -0.2) is 35.6 Å². The van der Waals surface area contributed by atoms with Gasteiger partial charge in [0.05, 0.1) is 13.2 Å². The molecule has 3 heterocycles. The van der Waals surface area contributed by atoms with Crippen molar-refractivity contribution in [2.45, 2.75) is 44.8 Å². The molecule has 26 heavy (non-hydrogen) atoms. The fraction of sp³-hybridized carbons (Fsp3) is 0.550. The summed E-state index contributed by atoms with van der Waals surface area (Å²) in [6.45, 7) is 5.19. The molecule has 2 aliphatic heterocycles. The van der Waals surface area contributed by atoms with E-state index in [1.54, 1.807) is 11.3 Å². The van der Waals surface area contributed by atoms with Crippen molar-refractivity contribution in [3.63, 3.8) is 0 Å². The van der Waals surface area contributed by atoms with Crippen LogP contribution in [0.4, 0.5) is 0 Å². The van der Waals surface area contributed by atoms with Gasteiger partial charge in [-0.3, -0.25) is 4.90 Å². The van der Waals surface area contributed by atoms with Gasteiger partial charge in [0, 0.05) is 30.6 Å². The van der Waals surface area contributed by atoms with Gasteiger partial charge in [-0.15, -0.1) is 23.7 Å². The molecule has 1 atom stereocenters. The van der Waals surface area contributed by atoms with Crippen molar-refractivity contribution in [2.24, 2.45) is 5.41 Å². The fourth-order valence-electron chi connectivity index (χ4n) is 4.66. The van der Waals surface area contributed by atoms with E-state index in [1.165, 1.54) is 48.5 Å². The summed E-state index contributed by atoms with van der Waals surface area (Å²) >= 11 is 1.78. The molecule has 3 aliphatic rings. The maximum Gasteiger partial charge on any atom is 0.122 e. The molecule has 0 bridgehead atoms. The second-order valence-corrected chi connectivity index (χ2v) is 8.68. The van der Waals surface area contributed by atoms with Crippen molar-refractivity contribution in [1.29, 1.82) is 0 Å². The summed E-state index contributed by atoms with van der Waals surface area (Å²) in [6.07, 6.45) is 6.98. The summed E-state index contributed by atoms with van der Waals surface area (Å²) in [5.41, 5.74) is 3.35. The molecule has 1 aliphatic carbocycles. The van der Waals surface area contributed by atoms with Gasteiger partial charge in [0.25, 0.3) is 0 Å². The van der Waals surface area contributed by atoms with E-state index >= 15 is 0 Å². The van der Waals surface area contributed by atoms with E-state index < -0.39 is 0 Å². The normalized spacial score (nSPS) is 22.7. The molecule has 140 valence electrons. The van der Waals surface area contributed by atoms with Gasteiger partial charge in [-0.2, -0.15) is 0 Å². The summed E-state index contributed by atoms with van der Waals surface area (Å²) in [5, 5.41) is 6.85. The van der Waals surface area contributed by atoms with E-state index in [4.69, 9.17) is 4.74 Å². The Balaban J connectivity index is 0.00000168. The number of halogens is 1. The van der Waals surface area contributed by atoms with Crippen LogP contribution >= 0.6 is 23.7 Å². The Morgan fingerprint density at radius 2 is 2.15 bits per heavy atom. The zero-order valence-corrected chi connectivity index (χ0v) is 16.6. The van der Waals surface area contributed by atoms with Crippen LogP contribution in [0.15, 0.2) is 29.8 Å². The number of nitrogens with one attached hydrogen (secondary N) is 1. The standard InChI is InChI=1S/C20H25N3OS.ClH/c1-2-17-16(3-9-24-17)11-15(1)13-23(14-19-22-8-10-25-19)18-12-20(18)4-6-21-7-5-20;/h1-2,8,10-11,18,21H,3-7,9,12-14H2;1H. The lowest BCUT2D eigenvalue weighted by Gasteiger charge is -2.29. The highest BCUT2D eigenvalue weighted by atomic mass is 35.5. The number of nitrogens with zero attached hydrogens (tertiary/aromatic N) is 2. The average molecular weight is 392 g/mol. The lowest BCUT2D eigenvalue weighted by Crippen LogP contribution is -2.35. The Kier molecular flexibility index (Phi) is 5.24. The maximum atomic E-state index is 5.66. The molecule has 1 unspecified atom stereocenters. The van der Waals surface area contributed by atoms with Gasteiger partial charge >= 0.3 is 0 Å². The third-order valence-corrected chi connectivity index (χ3v) is 6.91. The number of ether oxygens (including phenoxy) is 1. The Morgan fingerprint density at radius 1 is 1.27 bits per heavy atom. The number of aromatic nitrogens is 1. The van der Waals surface area contributed by atoms with Gasteiger partial charge in [0.2, 0.25) is 0 Å². The first kappa shape index (κ1) is 18.2. The summed E-state index contributed by atoms with van der Waals surface area (Å²) in [6, 6.07) is 7.47. The largest absolute Gasteiger partial charge is 0.493 e. The van der Waals surface area contributed by atoms with Gasteiger partial charge < -0.3 is 10.1 Å². The number of rotatable bonds is 5. The zero-order valence-electron chi connectivity index (χ0n) is 14.9. The Labute approximate surface area is 165 Å². The molecular formula is C20H26ClN3OS. The summed E-state index contributed by atoms with van der Waals surface area (Å²) in [5.74, 6) is 1.08. The molecule has 0 radical (unpaired) electrons. The molecule has 0 amide bonds. The van der Waals surface area contributed by atoms with Gasteiger partial charge in [0.1, 0.15) is 10.8 Å². The van der Waals surface area contributed by atoms with Crippen LogP contribution in [0, 0.1) is 5.41 Å². The highest BCUT2D eigenvalue weighted by Gasteiger charge is 2.56. The quantitative estimate of drug-likeness (QED) is 0.844. The highest BCUT2D eigenvalue weighted by Crippen LogP contribution is 2.56. The topological polar surface area (TPSA) is 37.4 Å². The molecule has 1 saturated carbocycles. The first-order valence-corrected chi connectivity index (χ1v) is 10.3. The van der Waals surface area contributed by atoms with E-state index in [2.05, 4.69) is 38.8 Å². The molecule has 5 rings (SSSR count). The minimum absolute atomic E-state index is 0. The molecule has 6 heteroatoms. The highest BCUT2D eigenvalue weighted by molar-refractivity contribution is 7.09. The van der Waals surface area contributed by atoms with Crippen molar-refractivity contribution in [3.8, 4) is 5.75 Å². The maximum absolute atomic E-state index is 5.66. The summed E-state index contributed by atoms with van der Waals surface area (Å²) < 4.78 is 5.66. The number of piperidine rings is 1. The van der Waals surface area contributed by atoms with Crippen LogP contribution in [-0.2, 0) is 19.5 Å². The van der Waals surface area contributed by atoms with E-state index in [-0.39, 0.29) is 12.4 Å². The molecule has 2 aromatic rings. The minimum atomic E-state index is 0. The Bertz CT molecular complexity index is 746. The second kappa shape index (κ2) is 7.47.